The first-order valence-electron chi connectivity index (χ1n) is 9.43. The quantitative estimate of drug-likeness (QED) is 0.796. The van der Waals surface area contributed by atoms with Crippen LogP contribution in [0.3, 0.4) is 0 Å². The number of aromatic nitrogens is 2. The largest absolute Gasteiger partial charge is 0.383 e. The predicted octanol–water partition coefficient (Wildman–Crippen LogP) is 2.50. The molecule has 0 aromatic carbocycles. The van der Waals surface area contributed by atoms with Gasteiger partial charge in [-0.15, -0.1) is 0 Å². The normalized spacial score (nSPS) is 32.4. The fraction of sp³-hybridized carbons (Fsp3) is 0.789. The zero-order valence-corrected chi connectivity index (χ0v) is 14.9. The van der Waals surface area contributed by atoms with Gasteiger partial charge < -0.3 is 10.1 Å². The maximum atomic E-state index is 12.9. The van der Waals surface area contributed by atoms with Crippen LogP contribution in [0.1, 0.15) is 51.1 Å². The first kappa shape index (κ1) is 16.1. The summed E-state index contributed by atoms with van der Waals surface area (Å²) in [4.78, 5) is 12.9. The van der Waals surface area contributed by atoms with Crippen molar-refractivity contribution < 1.29 is 9.53 Å². The number of fused-ring (bicyclic) bond motifs is 1. The minimum absolute atomic E-state index is 0.0158. The summed E-state index contributed by atoms with van der Waals surface area (Å²) < 4.78 is 7.26. The van der Waals surface area contributed by atoms with Crippen molar-refractivity contribution in [1.82, 2.24) is 15.1 Å². The summed E-state index contributed by atoms with van der Waals surface area (Å²) in [5, 5.41) is 7.77. The molecular formula is C19H29N3O2. The summed E-state index contributed by atoms with van der Waals surface area (Å²) in [6, 6.07) is 2.12. The minimum Gasteiger partial charge on any atom is -0.383 e. The van der Waals surface area contributed by atoms with Crippen molar-refractivity contribution in [2.45, 2.75) is 57.4 Å². The number of rotatable bonds is 8. The highest BCUT2D eigenvalue weighted by atomic mass is 16.5. The highest BCUT2D eigenvalue weighted by Crippen LogP contribution is 2.64. The molecule has 2 bridgehead atoms. The summed E-state index contributed by atoms with van der Waals surface area (Å²) in [5.41, 5.74) is 1.67. The maximum absolute atomic E-state index is 12.9. The van der Waals surface area contributed by atoms with Crippen molar-refractivity contribution in [2.24, 2.45) is 17.3 Å². The molecule has 24 heavy (non-hydrogen) atoms. The Bertz CT molecular complexity index is 618. The van der Waals surface area contributed by atoms with E-state index in [4.69, 9.17) is 4.74 Å². The van der Waals surface area contributed by atoms with E-state index in [1.165, 1.54) is 31.4 Å². The van der Waals surface area contributed by atoms with Crippen LogP contribution in [-0.2, 0) is 21.5 Å². The van der Waals surface area contributed by atoms with Crippen LogP contribution in [-0.4, -0.2) is 35.9 Å². The summed E-state index contributed by atoms with van der Waals surface area (Å²) in [6.45, 7) is 4.52. The fourth-order valence-corrected chi connectivity index (χ4v) is 5.16. The van der Waals surface area contributed by atoms with Gasteiger partial charge in [-0.05, 0) is 55.9 Å². The Kier molecular flexibility index (Phi) is 3.94. The molecule has 0 radical (unpaired) electrons. The lowest BCUT2D eigenvalue weighted by molar-refractivity contribution is -0.133. The van der Waals surface area contributed by atoms with Crippen LogP contribution < -0.4 is 5.32 Å². The number of carbonyl (C=O) groups excluding carboxylic acids is 1. The zero-order valence-electron chi connectivity index (χ0n) is 14.9. The standard InChI is InChI=1S/C19H29N3O2/c1-3-18(7-8-18)13-20-17(23)16-14-4-6-19(16,12-14)15-5-9-21-22(15)10-11-24-2/h5,9,14,16H,3-4,6-8,10-13H2,1-2H3,(H,20,23). The van der Waals surface area contributed by atoms with E-state index in [1.807, 2.05) is 6.20 Å². The topological polar surface area (TPSA) is 56.2 Å². The summed E-state index contributed by atoms with van der Waals surface area (Å²) in [7, 11) is 1.72. The number of methoxy groups -OCH3 is 1. The van der Waals surface area contributed by atoms with E-state index >= 15 is 0 Å². The number of ether oxygens (including phenoxy) is 1. The van der Waals surface area contributed by atoms with Crippen LogP contribution in [0, 0.1) is 17.3 Å². The highest BCUT2D eigenvalue weighted by Gasteiger charge is 2.64. The van der Waals surface area contributed by atoms with Gasteiger partial charge in [0, 0.05) is 31.0 Å². The van der Waals surface area contributed by atoms with Crippen molar-refractivity contribution >= 4 is 5.91 Å². The molecule has 4 aliphatic carbocycles. The number of nitrogens with one attached hydrogen (secondary N) is 1. The highest BCUT2D eigenvalue weighted by molar-refractivity contribution is 5.83. The van der Waals surface area contributed by atoms with Gasteiger partial charge in [0.15, 0.2) is 0 Å². The first-order chi connectivity index (χ1) is 11.6. The lowest BCUT2D eigenvalue weighted by Crippen LogP contribution is -2.54. The molecule has 3 atom stereocenters. The van der Waals surface area contributed by atoms with Crippen molar-refractivity contribution in [2.75, 3.05) is 20.3 Å². The minimum atomic E-state index is 0.0158. The average molecular weight is 331 g/mol. The zero-order chi connectivity index (χ0) is 16.8. The van der Waals surface area contributed by atoms with E-state index in [0.29, 0.717) is 17.9 Å². The third-order valence-electron chi connectivity index (χ3n) is 7.02. The Morgan fingerprint density at radius 2 is 2.29 bits per heavy atom. The maximum Gasteiger partial charge on any atom is 0.224 e. The molecule has 1 N–H and O–H groups in total. The Balaban J connectivity index is 1.48. The second-order valence-corrected chi connectivity index (χ2v) is 8.14. The van der Waals surface area contributed by atoms with Crippen LogP contribution in [0.15, 0.2) is 12.3 Å². The van der Waals surface area contributed by atoms with Gasteiger partial charge in [0.2, 0.25) is 5.91 Å². The number of amides is 1. The van der Waals surface area contributed by atoms with E-state index in [9.17, 15) is 4.79 Å². The van der Waals surface area contributed by atoms with Gasteiger partial charge in [0.05, 0.1) is 19.1 Å². The van der Waals surface area contributed by atoms with E-state index < -0.39 is 0 Å². The second kappa shape index (κ2) is 5.87. The van der Waals surface area contributed by atoms with Gasteiger partial charge >= 0.3 is 0 Å². The molecule has 0 aliphatic heterocycles. The number of carbonyl (C=O) groups is 1. The summed E-state index contributed by atoms with van der Waals surface area (Å²) >= 11 is 0. The van der Waals surface area contributed by atoms with Crippen molar-refractivity contribution in [3.63, 3.8) is 0 Å². The third-order valence-corrected chi connectivity index (χ3v) is 7.02. The van der Waals surface area contributed by atoms with Crippen LogP contribution in [0.5, 0.6) is 0 Å². The Hall–Kier alpha value is -1.36. The Morgan fingerprint density at radius 3 is 2.96 bits per heavy atom. The predicted molar refractivity (Wildman–Crippen MR) is 91.6 cm³/mol. The molecule has 1 aromatic heterocycles. The first-order valence-corrected chi connectivity index (χ1v) is 9.43. The molecular weight excluding hydrogens is 302 g/mol. The van der Waals surface area contributed by atoms with E-state index in [1.54, 1.807) is 7.11 Å². The van der Waals surface area contributed by atoms with Crippen molar-refractivity contribution in [3.8, 4) is 0 Å². The SMILES string of the molecule is CCC1(CNC(=O)C2C3CCC2(c2ccnn2CCOC)C3)CC1. The molecule has 5 heteroatoms. The number of hydrogen-bond donors (Lipinski definition) is 1. The van der Waals surface area contributed by atoms with Crippen molar-refractivity contribution in [3.05, 3.63) is 18.0 Å². The lowest BCUT2D eigenvalue weighted by atomic mass is 9.58. The lowest BCUT2D eigenvalue weighted by Gasteiger charge is -2.46. The molecule has 1 heterocycles. The Labute approximate surface area is 144 Å². The molecule has 132 valence electrons. The van der Waals surface area contributed by atoms with Crippen LogP contribution in [0.4, 0.5) is 0 Å². The summed E-state index contributed by atoms with van der Waals surface area (Å²) in [6.07, 6.45) is 9.02. The van der Waals surface area contributed by atoms with E-state index in [0.717, 1.165) is 25.9 Å². The molecule has 1 aromatic rings. The summed E-state index contributed by atoms with van der Waals surface area (Å²) in [5.74, 6) is 0.985. The van der Waals surface area contributed by atoms with Crippen LogP contribution in [0.2, 0.25) is 0 Å². The molecule has 5 rings (SSSR count). The monoisotopic (exact) mass is 331 g/mol. The molecule has 4 aliphatic rings. The van der Waals surface area contributed by atoms with Gasteiger partial charge in [-0.25, -0.2) is 0 Å². The van der Waals surface area contributed by atoms with Crippen LogP contribution >= 0.6 is 0 Å². The third kappa shape index (κ3) is 2.40. The molecule has 4 fully saturated rings. The second-order valence-electron chi connectivity index (χ2n) is 8.14. The van der Waals surface area contributed by atoms with Gasteiger partial charge in [0.1, 0.15) is 0 Å². The molecule has 4 saturated carbocycles. The number of hydrogen-bond acceptors (Lipinski definition) is 3. The molecule has 3 unspecified atom stereocenters. The van der Waals surface area contributed by atoms with E-state index in [2.05, 4.69) is 28.1 Å². The molecule has 1 amide bonds. The Morgan fingerprint density at radius 1 is 1.46 bits per heavy atom. The molecule has 0 saturated heterocycles. The average Bonchev–Trinajstić information content (AvgIpc) is 2.93. The van der Waals surface area contributed by atoms with E-state index in [-0.39, 0.29) is 17.2 Å². The number of nitrogens with zero attached hydrogens (tertiary/aromatic N) is 2. The smallest absolute Gasteiger partial charge is 0.224 e. The van der Waals surface area contributed by atoms with Gasteiger partial charge in [0.25, 0.3) is 0 Å². The fourth-order valence-electron chi connectivity index (χ4n) is 5.16. The van der Waals surface area contributed by atoms with Crippen molar-refractivity contribution in [1.29, 1.82) is 0 Å². The van der Waals surface area contributed by atoms with Gasteiger partial charge in [-0.3, -0.25) is 9.48 Å². The van der Waals surface area contributed by atoms with Crippen LogP contribution in [0.25, 0.3) is 0 Å². The van der Waals surface area contributed by atoms with Gasteiger partial charge in [-0.2, -0.15) is 5.10 Å². The molecule has 5 nitrogen and oxygen atoms in total. The van der Waals surface area contributed by atoms with Gasteiger partial charge in [-0.1, -0.05) is 6.92 Å². The molecule has 0 spiro atoms.